The van der Waals surface area contributed by atoms with E-state index >= 15 is 0 Å². The van der Waals surface area contributed by atoms with Gasteiger partial charge in [0.05, 0.1) is 11.9 Å². The molecular weight excluding hydrogens is 306 g/mol. The van der Waals surface area contributed by atoms with E-state index in [1.807, 2.05) is 49.4 Å². The molecule has 0 atom stereocenters. The van der Waals surface area contributed by atoms with Crippen molar-refractivity contribution in [2.75, 3.05) is 0 Å². The Morgan fingerprint density at radius 2 is 1.58 bits per heavy atom. The normalized spacial score (nSPS) is 10.2. The van der Waals surface area contributed by atoms with Crippen LogP contribution in [0.4, 0.5) is 0 Å². The monoisotopic (exact) mass is 321 g/mol. The lowest BCUT2D eigenvalue weighted by Gasteiger charge is -2.05. The molecule has 0 aliphatic carbocycles. The molecule has 2 aromatic carbocycles. The van der Waals surface area contributed by atoms with E-state index in [-0.39, 0.29) is 5.69 Å². The zero-order valence-electron chi connectivity index (χ0n) is 12.9. The van der Waals surface area contributed by atoms with Crippen molar-refractivity contribution in [1.82, 2.24) is 25.8 Å². The zero-order valence-corrected chi connectivity index (χ0v) is 12.9. The van der Waals surface area contributed by atoms with Crippen molar-refractivity contribution in [2.45, 2.75) is 6.92 Å². The first kappa shape index (κ1) is 15.4. The number of amides is 2. The van der Waals surface area contributed by atoms with E-state index < -0.39 is 11.8 Å². The molecule has 0 bridgehead atoms. The summed E-state index contributed by atoms with van der Waals surface area (Å²) in [5.41, 5.74) is 7.06. The topological polar surface area (TPSA) is 88.9 Å². The molecule has 24 heavy (non-hydrogen) atoms. The lowest BCUT2D eigenvalue weighted by atomic mass is 10.1. The van der Waals surface area contributed by atoms with Gasteiger partial charge in [0.25, 0.3) is 11.8 Å². The highest BCUT2D eigenvalue weighted by Crippen LogP contribution is 2.06. The Kier molecular flexibility index (Phi) is 4.33. The van der Waals surface area contributed by atoms with E-state index in [4.69, 9.17) is 0 Å². The van der Waals surface area contributed by atoms with Gasteiger partial charge in [0.1, 0.15) is 0 Å². The molecule has 2 N–H and O–H groups in total. The van der Waals surface area contributed by atoms with Crippen LogP contribution in [0.3, 0.4) is 0 Å². The Morgan fingerprint density at radius 3 is 2.29 bits per heavy atom. The summed E-state index contributed by atoms with van der Waals surface area (Å²) in [6, 6.07) is 16.3. The molecule has 0 saturated heterocycles. The van der Waals surface area contributed by atoms with Crippen LogP contribution >= 0.6 is 0 Å². The summed E-state index contributed by atoms with van der Waals surface area (Å²) in [7, 11) is 0. The van der Waals surface area contributed by atoms with Gasteiger partial charge in [0.15, 0.2) is 5.69 Å². The summed E-state index contributed by atoms with van der Waals surface area (Å²) >= 11 is 0. The first-order chi connectivity index (χ1) is 11.6. The second-order valence-electron chi connectivity index (χ2n) is 5.16. The average molecular weight is 321 g/mol. The van der Waals surface area contributed by atoms with Crippen molar-refractivity contribution in [3.63, 3.8) is 0 Å². The van der Waals surface area contributed by atoms with Crippen molar-refractivity contribution in [1.29, 1.82) is 0 Å². The Labute approximate surface area is 138 Å². The third kappa shape index (κ3) is 3.46. The predicted octanol–water partition coefficient (Wildman–Crippen LogP) is 1.65. The van der Waals surface area contributed by atoms with E-state index in [2.05, 4.69) is 21.2 Å². The number of carbonyl (C=O) groups excluding carboxylic acids is 2. The van der Waals surface area contributed by atoms with Gasteiger partial charge in [-0.3, -0.25) is 20.4 Å². The molecular formula is C17H15N5O2. The fourth-order valence-electron chi connectivity index (χ4n) is 2.03. The molecule has 7 heteroatoms. The van der Waals surface area contributed by atoms with E-state index in [1.54, 1.807) is 12.1 Å². The van der Waals surface area contributed by atoms with Crippen LogP contribution in [-0.4, -0.2) is 26.8 Å². The number of rotatable bonds is 3. The molecule has 0 aliphatic rings. The summed E-state index contributed by atoms with van der Waals surface area (Å²) in [6.45, 7) is 1.93. The highest BCUT2D eigenvalue weighted by Gasteiger charge is 2.13. The van der Waals surface area contributed by atoms with Crippen LogP contribution < -0.4 is 10.9 Å². The van der Waals surface area contributed by atoms with Gasteiger partial charge in [-0.25, -0.2) is 4.68 Å². The molecule has 0 fully saturated rings. The number of hydrogen-bond acceptors (Lipinski definition) is 4. The first-order valence-corrected chi connectivity index (χ1v) is 7.28. The lowest BCUT2D eigenvalue weighted by molar-refractivity contribution is 0.0844. The van der Waals surface area contributed by atoms with E-state index in [0.29, 0.717) is 5.56 Å². The molecule has 0 unspecified atom stereocenters. The summed E-state index contributed by atoms with van der Waals surface area (Å²) < 4.78 is 1.48. The molecule has 3 aromatic rings. The van der Waals surface area contributed by atoms with Gasteiger partial charge in [-0.05, 0) is 31.2 Å². The van der Waals surface area contributed by atoms with Gasteiger partial charge in [-0.1, -0.05) is 41.1 Å². The van der Waals surface area contributed by atoms with Crippen molar-refractivity contribution in [2.24, 2.45) is 0 Å². The molecule has 3 rings (SSSR count). The average Bonchev–Trinajstić information content (AvgIpc) is 3.11. The predicted molar refractivity (Wildman–Crippen MR) is 87.5 cm³/mol. The van der Waals surface area contributed by atoms with Crippen LogP contribution in [-0.2, 0) is 0 Å². The maximum atomic E-state index is 12.0. The molecule has 120 valence electrons. The second kappa shape index (κ2) is 6.74. The van der Waals surface area contributed by atoms with Gasteiger partial charge >= 0.3 is 0 Å². The number of hydrogen-bond donors (Lipinski definition) is 2. The van der Waals surface area contributed by atoms with Crippen molar-refractivity contribution < 1.29 is 9.59 Å². The highest BCUT2D eigenvalue weighted by molar-refractivity contribution is 5.98. The maximum Gasteiger partial charge on any atom is 0.291 e. The Morgan fingerprint density at radius 1 is 0.917 bits per heavy atom. The largest absolute Gasteiger partial charge is 0.291 e. The molecule has 7 nitrogen and oxygen atoms in total. The van der Waals surface area contributed by atoms with Crippen LogP contribution in [0.15, 0.2) is 60.8 Å². The van der Waals surface area contributed by atoms with Crippen LogP contribution in [0.25, 0.3) is 5.69 Å². The SMILES string of the molecule is Cc1ccc(C(=O)NNC(=O)c2cn(-c3ccccc3)nn2)cc1. The van der Waals surface area contributed by atoms with Crippen molar-refractivity contribution >= 4 is 11.8 Å². The third-order valence-corrected chi connectivity index (χ3v) is 3.35. The van der Waals surface area contributed by atoms with Crippen molar-refractivity contribution in [3.8, 4) is 5.69 Å². The summed E-state index contributed by atoms with van der Waals surface area (Å²) in [6.07, 6.45) is 1.49. The number of nitrogens with one attached hydrogen (secondary N) is 2. The minimum absolute atomic E-state index is 0.100. The van der Waals surface area contributed by atoms with Crippen LogP contribution in [0.1, 0.15) is 26.4 Å². The number of para-hydroxylation sites is 1. The van der Waals surface area contributed by atoms with Crippen LogP contribution in [0.2, 0.25) is 0 Å². The molecule has 1 aromatic heterocycles. The van der Waals surface area contributed by atoms with Crippen molar-refractivity contribution in [3.05, 3.63) is 77.6 Å². The molecule has 0 spiro atoms. The molecule has 0 aliphatic heterocycles. The standard InChI is InChI=1S/C17H15N5O2/c1-12-7-9-13(10-8-12)16(23)19-20-17(24)15-11-22(21-18-15)14-5-3-2-4-6-14/h2-11H,1H3,(H,19,23)(H,20,24). The van der Waals surface area contributed by atoms with E-state index in [9.17, 15) is 9.59 Å². The molecule has 2 amide bonds. The Bertz CT molecular complexity index is 856. The number of aromatic nitrogens is 3. The summed E-state index contributed by atoms with van der Waals surface area (Å²) in [5, 5.41) is 7.70. The van der Waals surface area contributed by atoms with E-state index in [0.717, 1.165) is 11.3 Å². The second-order valence-corrected chi connectivity index (χ2v) is 5.16. The van der Waals surface area contributed by atoms with Gasteiger partial charge in [0.2, 0.25) is 0 Å². The maximum absolute atomic E-state index is 12.0. The number of nitrogens with zero attached hydrogens (tertiary/aromatic N) is 3. The smallest absolute Gasteiger partial charge is 0.267 e. The number of aryl methyl sites for hydroxylation is 1. The third-order valence-electron chi connectivity index (χ3n) is 3.35. The van der Waals surface area contributed by atoms with Gasteiger partial charge < -0.3 is 0 Å². The van der Waals surface area contributed by atoms with Crippen LogP contribution in [0.5, 0.6) is 0 Å². The minimum atomic E-state index is -0.544. The first-order valence-electron chi connectivity index (χ1n) is 7.28. The Balaban J connectivity index is 1.62. The fourth-order valence-corrected chi connectivity index (χ4v) is 2.03. The lowest BCUT2D eigenvalue weighted by Crippen LogP contribution is -2.41. The van der Waals surface area contributed by atoms with Crippen LogP contribution in [0, 0.1) is 6.92 Å². The number of carbonyl (C=O) groups is 2. The minimum Gasteiger partial charge on any atom is -0.267 e. The van der Waals surface area contributed by atoms with Gasteiger partial charge in [0, 0.05) is 5.56 Å². The summed E-state index contributed by atoms with van der Waals surface area (Å²) in [5.74, 6) is -0.948. The zero-order chi connectivity index (χ0) is 16.9. The molecule has 0 radical (unpaired) electrons. The summed E-state index contributed by atoms with van der Waals surface area (Å²) in [4.78, 5) is 24.0. The number of hydrazine groups is 1. The molecule has 1 heterocycles. The fraction of sp³-hybridized carbons (Fsp3) is 0.0588. The quantitative estimate of drug-likeness (QED) is 0.718. The molecule has 0 saturated carbocycles. The van der Waals surface area contributed by atoms with E-state index in [1.165, 1.54) is 10.9 Å². The number of benzene rings is 2. The highest BCUT2D eigenvalue weighted by atomic mass is 16.2. The van der Waals surface area contributed by atoms with Gasteiger partial charge in [-0.15, -0.1) is 5.10 Å². The Hall–Kier alpha value is -3.48. The van der Waals surface area contributed by atoms with Gasteiger partial charge in [-0.2, -0.15) is 0 Å².